The topological polar surface area (TPSA) is 39.9 Å². The molecule has 0 atom stereocenters. The van der Waals surface area contributed by atoms with E-state index in [-0.39, 0.29) is 0 Å². The minimum absolute atomic E-state index is 0.646. The molecule has 0 aliphatic carbocycles. The minimum atomic E-state index is 0.646. The van der Waals surface area contributed by atoms with E-state index in [0.717, 1.165) is 17.5 Å². The largest absolute Gasteiger partial charge is 0.377 e. The van der Waals surface area contributed by atoms with Crippen LogP contribution in [0.25, 0.3) is 11.0 Å². The lowest BCUT2D eigenvalue weighted by Gasteiger charge is -2.04. The number of rotatable bonds is 6. The highest BCUT2D eigenvalue weighted by Gasteiger charge is 2.02. The fraction of sp³-hybridized carbons (Fsp3) is 0.188. The number of aromatic nitrogens is 3. The first-order valence-corrected chi connectivity index (χ1v) is 6.68. The van der Waals surface area contributed by atoms with E-state index >= 15 is 0 Å². The third-order valence-corrected chi connectivity index (χ3v) is 3.05. The normalized spacial score (nSPS) is 11.0. The van der Waals surface area contributed by atoms with Gasteiger partial charge in [0.05, 0.1) is 18.7 Å². The molecule has 0 spiro atoms. The molecule has 2 aromatic carbocycles. The monoisotopic (exact) mass is 266 g/mol. The van der Waals surface area contributed by atoms with Crippen LogP contribution in [0.5, 0.6) is 0 Å². The lowest BCUT2D eigenvalue weighted by molar-refractivity contribution is 0.122. The first-order chi connectivity index (χ1) is 9.93. The van der Waals surface area contributed by atoms with Crippen molar-refractivity contribution in [3.8, 4) is 0 Å². The van der Waals surface area contributed by atoms with Crippen molar-refractivity contribution in [2.24, 2.45) is 0 Å². The van der Waals surface area contributed by atoms with Crippen molar-refractivity contribution >= 4 is 11.0 Å². The molecule has 0 amide bonds. The average Bonchev–Trinajstić information content (AvgIpc) is 2.91. The Morgan fingerprint density at radius 1 is 1.00 bits per heavy atom. The van der Waals surface area contributed by atoms with Crippen LogP contribution < -0.4 is 0 Å². The zero-order chi connectivity index (χ0) is 13.6. The molecule has 1 aromatic heterocycles. The summed E-state index contributed by atoms with van der Waals surface area (Å²) in [6.07, 6.45) is 0.806. The Morgan fingerprint density at radius 2 is 1.80 bits per heavy atom. The van der Waals surface area contributed by atoms with Crippen molar-refractivity contribution in [1.82, 2.24) is 15.0 Å². The third kappa shape index (κ3) is 3.03. The Labute approximate surface area is 118 Å². The van der Waals surface area contributed by atoms with E-state index in [1.807, 2.05) is 49.0 Å². The van der Waals surface area contributed by atoms with Crippen molar-refractivity contribution in [1.29, 1.82) is 0 Å². The van der Waals surface area contributed by atoms with Gasteiger partial charge in [0.1, 0.15) is 5.52 Å². The molecule has 0 aliphatic rings. The summed E-state index contributed by atoms with van der Waals surface area (Å²) < 4.78 is 7.44. The molecule has 0 unspecified atom stereocenters. The van der Waals surface area contributed by atoms with Crippen LogP contribution in [0.3, 0.4) is 0 Å². The summed E-state index contributed by atoms with van der Waals surface area (Å²) in [4.78, 5) is 0. The lowest BCUT2D eigenvalue weighted by atomic mass is 10.2. The number of fused-ring (bicyclic) bond motifs is 1. The summed E-state index contributed by atoms with van der Waals surface area (Å²) in [5, 5.41) is 8.21. The average molecular weight is 266 g/mol. The van der Waals surface area contributed by atoms with Gasteiger partial charge in [-0.25, -0.2) is 4.68 Å². The molecule has 0 fully saturated rings. The van der Waals surface area contributed by atoms with Gasteiger partial charge in [-0.3, -0.25) is 0 Å². The van der Waals surface area contributed by atoms with E-state index in [1.54, 1.807) is 4.68 Å². The van der Waals surface area contributed by atoms with Crippen LogP contribution in [-0.4, -0.2) is 21.6 Å². The molecule has 1 radical (unpaired) electrons. The predicted molar refractivity (Wildman–Crippen MR) is 77.9 cm³/mol. The van der Waals surface area contributed by atoms with Gasteiger partial charge in [0, 0.05) is 6.61 Å². The van der Waals surface area contributed by atoms with Crippen molar-refractivity contribution in [3.05, 3.63) is 66.7 Å². The van der Waals surface area contributed by atoms with Gasteiger partial charge in [-0.15, -0.1) is 5.10 Å². The Kier molecular flexibility index (Phi) is 4.04. The lowest BCUT2D eigenvalue weighted by Crippen LogP contribution is -2.02. The number of para-hydroxylation sites is 1. The van der Waals surface area contributed by atoms with Gasteiger partial charge in [0.15, 0.2) is 0 Å². The van der Waals surface area contributed by atoms with Gasteiger partial charge in [-0.2, -0.15) is 0 Å². The fourth-order valence-electron chi connectivity index (χ4n) is 2.04. The summed E-state index contributed by atoms with van der Waals surface area (Å²) in [7, 11) is 0. The molecule has 3 rings (SSSR count). The van der Waals surface area contributed by atoms with Gasteiger partial charge >= 0.3 is 0 Å². The molecule has 0 saturated heterocycles. The summed E-state index contributed by atoms with van der Waals surface area (Å²) in [5.41, 5.74) is 3.13. The van der Waals surface area contributed by atoms with E-state index in [1.165, 1.54) is 5.56 Å². The maximum Gasteiger partial charge on any atom is 0.113 e. The highest BCUT2D eigenvalue weighted by Crippen LogP contribution is 2.11. The smallest absolute Gasteiger partial charge is 0.113 e. The number of benzene rings is 2. The summed E-state index contributed by atoms with van der Waals surface area (Å²) in [5.74, 6) is 0. The SMILES string of the molecule is [CH](CCOCc1ccccc1)n1nnc2ccccc21. The van der Waals surface area contributed by atoms with Crippen LogP contribution in [0.2, 0.25) is 0 Å². The van der Waals surface area contributed by atoms with Gasteiger partial charge in [-0.1, -0.05) is 47.7 Å². The van der Waals surface area contributed by atoms with Crippen molar-refractivity contribution in [2.45, 2.75) is 13.0 Å². The predicted octanol–water partition coefficient (Wildman–Crippen LogP) is 3.05. The molecule has 0 saturated carbocycles. The number of hydrogen-bond donors (Lipinski definition) is 0. The molecule has 0 aliphatic heterocycles. The molecule has 3 aromatic rings. The Balaban J connectivity index is 1.46. The standard InChI is InChI=1S/C16H16N3O/c1-2-7-14(8-3-1)13-20-12-6-11-19-16-10-5-4-9-15(16)17-18-19/h1-5,7-11H,6,12-13H2. The van der Waals surface area contributed by atoms with Crippen LogP contribution in [0.4, 0.5) is 0 Å². The number of hydrogen-bond acceptors (Lipinski definition) is 3. The highest BCUT2D eigenvalue weighted by atomic mass is 16.5. The quantitative estimate of drug-likeness (QED) is 0.644. The van der Waals surface area contributed by atoms with Crippen LogP contribution in [0, 0.1) is 6.54 Å². The molecule has 4 heteroatoms. The van der Waals surface area contributed by atoms with E-state index in [4.69, 9.17) is 4.74 Å². The fourth-order valence-corrected chi connectivity index (χ4v) is 2.04. The first kappa shape index (κ1) is 12.8. The van der Waals surface area contributed by atoms with Crippen LogP contribution >= 0.6 is 0 Å². The Hall–Kier alpha value is -2.20. The maximum atomic E-state index is 5.64. The first-order valence-electron chi connectivity index (χ1n) is 6.68. The highest BCUT2D eigenvalue weighted by molar-refractivity contribution is 5.74. The molecule has 20 heavy (non-hydrogen) atoms. The van der Waals surface area contributed by atoms with Crippen LogP contribution in [0.1, 0.15) is 12.0 Å². The molecule has 0 bridgehead atoms. The van der Waals surface area contributed by atoms with E-state index in [0.29, 0.717) is 13.2 Å². The third-order valence-electron chi connectivity index (χ3n) is 3.05. The van der Waals surface area contributed by atoms with Crippen molar-refractivity contribution in [3.63, 3.8) is 0 Å². The van der Waals surface area contributed by atoms with Gasteiger partial charge in [-0.05, 0) is 24.1 Å². The van der Waals surface area contributed by atoms with Crippen LogP contribution in [-0.2, 0) is 11.3 Å². The Morgan fingerprint density at radius 3 is 2.70 bits per heavy atom. The van der Waals surface area contributed by atoms with Crippen molar-refractivity contribution < 1.29 is 4.74 Å². The second kappa shape index (κ2) is 6.30. The number of nitrogens with zero attached hydrogens (tertiary/aromatic N) is 3. The molecular weight excluding hydrogens is 250 g/mol. The van der Waals surface area contributed by atoms with E-state index < -0.39 is 0 Å². The summed E-state index contributed by atoms with van der Waals surface area (Å²) in [6, 6.07) is 18.1. The zero-order valence-corrected chi connectivity index (χ0v) is 11.1. The van der Waals surface area contributed by atoms with E-state index in [2.05, 4.69) is 22.4 Å². The van der Waals surface area contributed by atoms with Crippen LogP contribution in [0.15, 0.2) is 54.6 Å². The van der Waals surface area contributed by atoms with Gasteiger partial charge in [0.2, 0.25) is 0 Å². The zero-order valence-electron chi connectivity index (χ0n) is 11.1. The van der Waals surface area contributed by atoms with Gasteiger partial charge < -0.3 is 4.74 Å². The molecule has 4 nitrogen and oxygen atoms in total. The second-order valence-corrected chi connectivity index (χ2v) is 4.53. The molecule has 101 valence electrons. The number of ether oxygens (including phenoxy) is 1. The molecule has 1 heterocycles. The molecule has 0 N–H and O–H groups in total. The van der Waals surface area contributed by atoms with E-state index in [9.17, 15) is 0 Å². The maximum absolute atomic E-state index is 5.64. The second-order valence-electron chi connectivity index (χ2n) is 4.53. The van der Waals surface area contributed by atoms with Gasteiger partial charge in [0.25, 0.3) is 0 Å². The van der Waals surface area contributed by atoms with Crippen molar-refractivity contribution in [2.75, 3.05) is 6.61 Å². The molecular formula is C16H16N3O. The minimum Gasteiger partial charge on any atom is -0.377 e. The summed E-state index contributed by atoms with van der Waals surface area (Å²) in [6.45, 7) is 3.32. The Bertz CT molecular complexity index is 664. The summed E-state index contributed by atoms with van der Waals surface area (Å²) >= 11 is 0.